The summed E-state index contributed by atoms with van der Waals surface area (Å²) in [7, 11) is 0. The Labute approximate surface area is 141 Å². The van der Waals surface area contributed by atoms with Gasteiger partial charge < -0.3 is 0 Å². The molecule has 4 aromatic rings. The van der Waals surface area contributed by atoms with Gasteiger partial charge in [-0.2, -0.15) is 0 Å². The molecule has 0 spiro atoms. The Morgan fingerprint density at radius 3 is 2.17 bits per heavy atom. The number of hydrogen-bond donors (Lipinski definition) is 0. The normalized spacial score (nSPS) is 11.2. The van der Waals surface area contributed by atoms with Crippen molar-refractivity contribution in [3.05, 3.63) is 96.7 Å². The lowest BCUT2D eigenvalue weighted by Gasteiger charge is -2.02. The third kappa shape index (κ3) is 3.08. The molecule has 1 aromatic heterocycles. The number of pyridine rings is 1. The first-order valence-corrected chi connectivity index (χ1v) is 7.94. The Kier molecular flexibility index (Phi) is 3.86. The van der Waals surface area contributed by atoms with Crippen molar-refractivity contribution in [1.82, 2.24) is 4.98 Å². The monoisotopic (exact) mass is 308 g/mol. The van der Waals surface area contributed by atoms with Crippen molar-refractivity contribution in [3.63, 3.8) is 0 Å². The quantitative estimate of drug-likeness (QED) is 0.449. The third-order valence-electron chi connectivity index (χ3n) is 3.94. The van der Waals surface area contributed by atoms with Crippen LogP contribution in [0.4, 0.5) is 5.69 Å². The molecule has 0 unspecified atom stereocenters. The molecular weight excluding hydrogens is 292 g/mol. The molecule has 0 atom stereocenters. The molecule has 1 heterocycles. The van der Waals surface area contributed by atoms with Crippen LogP contribution in [0, 0.1) is 0 Å². The highest BCUT2D eigenvalue weighted by Gasteiger charge is 1.97. The molecule has 4 rings (SSSR count). The van der Waals surface area contributed by atoms with Crippen LogP contribution in [0.25, 0.3) is 22.0 Å². The van der Waals surface area contributed by atoms with E-state index in [1.54, 1.807) is 0 Å². The number of fused-ring (bicyclic) bond motifs is 1. The van der Waals surface area contributed by atoms with Crippen LogP contribution in [0.2, 0.25) is 0 Å². The summed E-state index contributed by atoms with van der Waals surface area (Å²) >= 11 is 0. The Morgan fingerprint density at radius 1 is 0.625 bits per heavy atom. The van der Waals surface area contributed by atoms with Crippen molar-refractivity contribution in [2.24, 2.45) is 4.99 Å². The van der Waals surface area contributed by atoms with Gasteiger partial charge in [-0.25, -0.2) is 4.98 Å². The van der Waals surface area contributed by atoms with Gasteiger partial charge in [0, 0.05) is 5.39 Å². The van der Waals surface area contributed by atoms with E-state index in [1.165, 1.54) is 11.1 Å². The molecule has 2 nitrogen and oxygen atoms in total. The zero-order chi connectivity index (χ0) is 16.2. The van der Waals surface area contributed by atoms with E-state index in [1.807, 2.05) is 60.8 Å². The fraction of sp³-hybridized carbons (Fsp3) is 0. The number of para-hydroxylation sites is 1. The lowest BCUT2D eigenvalue weighted by molar-refractivity contribution is 1.37. The first-order chi connectivity index (χ1) is 11.9. The highest BCUT2D eigenvalue weighted by molar-refractivity contribution is 5.86. The van der Waals surface area contributed by atoms with Crippen molar-refractivity contribution >= 4 is 22.8 Å². The van der Waals surface area contributed by atoms with Crippen LogP contribution < -0.4 is 0 Å². The van der Waals surface area contributed by atoms with Gasteiger partial charge in [-0.15, -0.1) is 0 Å². The lowest BCUT2D eigenvalue weighted by atomic mass is 10.1. The van der Waals surface area contributed by atoms with Gasteiger partial charge in [0.1, 0.15) is 0 Å². The maximum atomic E-state index is 4.61. The van der Waals surface area contributed by atoms with Crippen molar-refractivity contribution < 1.29 is 0 Å². The van der Waals surface area contributed by atoms with E-state index in [-0.39, 0.29) is 0 Å². The van der Waals surface area contributed by atoms with E-state index >= 15 is 0 Å². The zero-order valence-electron chi connectivity index (χ0n) is 13.1. The molecule has 0 bridgehead atoms. The lowest BCUT2D eigenvalue weighted by Crippen LogP contribution is -1.87. The van der Waals surface area contributed by atoms with Crippen LogP contribution in [0.5, 0.6) is 0 Å². The standard InChI is InChI=1S/C22H16N2/c1-2-6-17(7-3-1)18-10-13-20(14-11-18)23-16-21-15-12-19-8-4-5-9-22(19)24-21/h1-16H. The summed E-state index contributed by atoms with van der Waals surface area (Å²) in [4.78, 5) is 9.14. The number of nitrogens with zero attached hydrogens (tertiary/aromatic N) is 2. The van der Waals surface area contributed by atoms with Gasteiger partial charge >= 0.3 is 0 Å². The highest BCUT2D eigenvalue weighted by Crippen LogP contribution is 2.22. The number of aromatic nitrogens is 1. The van der Waals surface area contributed by atoms with Crippen molar-refractivity contribution in [2.45, 2.75) is 0 Å². The molecule has 0 aliphatic rings. The zero-order valence-corrected chi connectivity index (χ0v) is 13.1. The minimum Gasteiger partial charge on any atom is -0.255 e. The SMILES string of the molecule is C(=Nc1ccc(-c2ccccc2)cc1)c1ccc2ccccc2n1. The number of aliphatic imine (C=N–C) groups is 1. The van der Waals surface area contributed by atoms with Gasteiger partial charge in [-0.1, -0.05) is 66.7 Å². The molecule has 0 saturated carbocycles. The van der Waals surface area contributed by atoms with E-state index in [4.69, 9.17) is 0 Å². The minimum absolute atomic E-state index is 0.862. The molecule has 114 valence electrons. The van der Waals surface area contributed by atoms with E-state index in [0.29, 0.717) is 0 Å². The highest BCUT2D eigenvalue weighted by atomic mass is 14.8. The topological polar surface area (TPSA) is 25.2 Å². The van der Waals surface area contributed by atoms with Crippen LogP contribution in [-0.2, 0) is 0 Å². The van der Waals surface area contributed by atoms with Crippen LogP contribution in [0.3, 0.4) is 0 Å². The minimum atomic E-state index is 0.862. The van der Waals surface area contributed by atoms with E-state index in [0.717, 1.165) is 22.3 Å². The fourth-order valence-electron chi connectivity index (χ4n) is 2.66. The summed E-state index contributed by atoms with van der Waals surface area (Å²) in [6.07, 6.45) is 1.81. The molecule has 0 amide bonds. The maximum Gasteiger partial charge on any atom is 0.0820 e. The largest absolute Gasteiger partial charge is 0.255 e. The molecule has 2 heteroatoms. The predicted molar refractivity (Wildman–Crippen MR) is 101 cm³/mol. The Hall–Kier alpha value is -3.26. The predicted octanol–water partition coefficient (Wildman–Crippen LogP) is 5.65. The fourth-order valence-corrected chi connectivity index (χ4v) is 2.66. The van der Waals surface area contributed by atoms with Gasteiger partial charge in [0.15, 0.2) is 0 Å². The van der Waals surface area contributed by atoms with Gasteiger partial charge in [-0.3, -0.25) is 4.99 Å². The first kappa shape index (κ1) is 14.3. The average molecular weight is 308 g/mol. The summed E-state index contributed by atoms with van der Waals surface area (Å²) < 4.78 is 0. The maximum absolute atomic E-state index is 4.61. The van der Waals surface area contributed by atoms with Crippen molar-refractivity contribution in [1.29, 1.82) is 0 Å². The van der Waals surface area contributed by atoms with Crippen LogP contribution in [-0.4, -0.2) is 11.2 Å². The molecule has 3 aromatic carbocycles. The van der Waals surface area contributed by atoms with Crippen LogP contribution in [0.15, 0.2) is 96.0 Å². The Bertz CT molecular complexity index is 987. The number of benzene rings is 3. The van der Waals surface area contributed by atoms with Gasteiger partial charge in [-0.05, 0) is 35.4 Å². The van der Waals surface area contributed by atoms with E-state index < -0.39 is 0 Å². The molecule has 0 aliphatic heterocycles. The number of rotatable bonds is 3. The second-order valence-electron chi connectivity index (χ2n) is 5.60. The van der Waals surface area contributed by atoms with E-state index in [2.05, 4.69) is 46.4 Å². The Balaban J connectivity index is 1.56. The number of hydrogen-bond acceptors (Lipinski definition) is 2. The molecule has 0 N–H and O–H groups in total. The molecular formula is C22H16N2. The summed E-state index contributed by atoms with van der Waals surface area (Å²) in [5.74, 6) is 0. The Morgan fingerprint density at radius 2 is 1.33 bits per heavy atom. The molecule has 0 radical (unpaired) electrons. The van der Waals surface area contributed by atoms with Crippen LogP contribution >= 0.6 is 0 Å². The third-order valence-corrected chi connectivity index (χ3v) is 3.94. The van der Waals surface area contributed by atoms with E-state index in [9.17, 15) is 0 Å². The van der Waals surface area contributed by atoms with Gasteiger partial charge in [0.2, 0.25) is 0 Å². The molecule has 24 heavy (non-hydrogen) atoms. The second-order valence-corrected chi connectivity index (χ2v) is 5.60. The van der Waals surface area contributed by atoms with Crippen LogP contribution in [0.1, 0.15) is 5.69 Å². The molecule has 0 fully saturated rings. The first-order valence-electron chi connectivity index (χ1n) is 7.94. The van der Waals surface area contributed by atoms with Crippen molar-refractivity contribution in [2.75, 3.05) is 0 Å². The summed E-state index contributed by atoms with van der Waals surface area (Å²) in [5, 5.41) is 1.14. The summed E-state index contributed by atoms with van der Waals surface area (Å²) in [6, 6.07) is 30.7. The summed E-state index contributed by atoms with van der Waals surface area (Å²) in [6.45, 7) is 0. The van der Waals surface area contributed by atoms with Gasteiger partial charge in [0.25, 0.3) is 0 Å². The molecule has 0 aliphatic carbocycles. The average Bonchev–Trinajstić information content (AvgIpc) is 2.67. The molecule has 0 saturated heterocycles. The second kappa shape index (κ2) is 6.47. The smallest absolute Gasteiger partial charge is 0.0820 e. The van der Waals surface area contributed by atoms with Gasteiger partial charge in [0.05, 0.1) is 23.1 Å². The van der Waals surface area contributed by atoms with Crippen molar-refractivity contribution in [3.8, 4) is 11.1 Å². The summed E-state index contributed by atoms with van der Waals surface area (Å²) in [5.41, 5.74) is 5.17.